The van der Waals surface area contributed by atoms with Crippen molar-refractivity contribution in [1.82, 2.24) is 4.31 Å². The number of sulfonamides is 1. The third-order valence-corrected chi connectivity index (χ3v) is 6.41. The van der Waals surface area contributed by atoms with Crippen LogP contribution in [-0.4, -0.2) is 51.0 Å². The van der Waals surface area contributed by atoms with Crippen molar-refractivity contribution in [3.05, 3.63) is 54.1 Å². The van der Waals surface area contributed by atoms with E-state index in [9.17, 15) is 13.2 Å². The van der Waals surface area contributed by atoms with Crippen LogP contribution in [0.5, 0.6) is 5.75 Å². The van der Waals surface area contributed by atoms with Crippen molar-refractivity contribution in [1.29, 1.82) is 0 Å². The molecule has 7 nitrogen and oxygen atoms in total. The summed E-state index contributed by atoms with van der Waals surface area (Å²) in [4.78, 5) is 12.6. The summed E-state index contributed by atoms with van der Waals surface area (Å²) in [6, 6.07) is 13.6. The van der Waals surface area contributed by atoms with Gasteiger partial charge in [0.25, 0.3) is 5.91 Å². The van der Waals surface area contributed by atoms with Crippen LogP contribution in [0.1, 0.15) is 12.5 Å². The number of anilines is 1. The molecule has 1 atom stereocenters. The molecule has 1 fully saturated rings. The lowest BCUT2D eigenvalue weighted by Crippen LogP contribution is -2.40. The Balaban J connectivity index is 1.63. The van der Waals surface area contributed by atoms with E-state index < -0.39 is 16.1 Å². The first-order valence-electron chi connectivity index (χ1n) is 9.09. The summed E-state index contributed by atoms with van der Waals surface area (Å²) in [6.45, 7) is 5.05. The molecular weight excluding hydrogens is 380 g/mol. The van der Waals surface area contributed by atoms with Gasteiger partial charge in [0.15, 0.2) is 6.10 Å². The highest BCUT2D eigenvalue weighted by Gasteiger charge is 2.26. The third kappa shape index (κ3) is 4.70. The van der Waals surface area contributed by atoms with Gasteiger partial charge in [-0.05, 0) is 49.7 Å². The first kappa shape index (κ1) is 20.3. The summed E-state index contributed by atoms with van der Waals surface area (Å²) in [5, 5.41) is 2.75. The van der Waals surface area contributed by atoms with Gasteiger partial charge in [-0.3, -0.25) is 4.79 Å². The molecule has 1 saturated heterocycles. The number of para-hydroxylation sites is 1. The smallest absolute Gasteiger partial charge is 0.265 e. The van der Waals surface area contributed by atoms with Crippen LogP contribution in [0, 0.1) is 6.92 Å². The van der Waals surface area contributed by atoms with Crippen molar-refractivity contribution in [2.45, 2.75) is 24.8 Å². The zero-order valence-electron chi connectivity index (χ0n) is 15.9. The Morgan fingerprint density at radius 2 is 1.75 bits per heavy atom. The molecule has 0 aliphatic carbocycles. The molecule has 0 unspecified atom stereocenters. The van der Waals surface area contributed by atoms with E-state index in [0.717, 1.165) is 5.56 Å². The largest absolute Gasteiger partial charge is 0.481 e. The SMILES string of the molecule is Cc1ccccc1O[C@@H](C)C(=O)Nc1ccc(S(=O)(=O)N2CCOCC2)cc1. The minimum atomic E-state index is -3.55. The number of amides is 1. The van der Waals surface area contributed by atoms with E-state index in [2.05, 4.69) is 5.32 Å². The fourth-order valence-electron chi connectivity index (χ4n) is 2.82. The van der Waals surface area contributed by atoms with Crippen molar-refractivity contribution in [3.8, 4) is 5.75 Å². The molecule has 8 heteroatoms. The van der Waals surface area contributed by atoms with Crippen molar-refractivity contribution in [3.63, 3.8) is 0 Å². The highest BCUT2D eigenvalue weighted by Crippen LogP contribution is 2.21. The maximum atomic E-state index is 12.6. The lowest BCUT2D eigenvalue weighted by molar-refractivity contribution is -0.122. The van der Waals surface area contributed by atoms with Crippen molar-refractivity contribution >= 4 is 21.6 Å². The molecule has 0 saturated carbocycles. The van der Waals surface area contributed by atoms with Crippen molar-refractivity contribution in [2.75, 3.05) is 31.6 Å². The number of benzene rings is 2. The summed E-state index contributed by atoms with van der Waals surface area (Å²) in [7, 11) is -3.55. The number of hydrogen-bond donors (Lipinski definition) is 1. The van der Waals surface area contributed by atoms with Crippen LogP contribution in [-0.2, 0) is 19.6 Å². The second kappa shape index (κ2) is 8.72. The first-order chi connectivity index (χ1) is 13.4. The van der Waals surface area contributed by atoms with Gasteiger partial charge in [-0.1, -0.05) is 18.2 Å². The number of morpholine rings is 1. The van der Waals surface area contributed by atoms with E-state index in [-0.39, 0.29) is 10.8 Å². The Morgan fingerprint density at radius 1 is 1.11 bits per heavy atom. The Morgan fingerprint density at radius 3 is 2.39 bits per heavy atom. The number of aryl methyl sites for hydroxylation is 1. The summed E-state index contributed by atoms with van der Waals surface area (Å²) in [5.74, 6) is 0.337. The van der Waals surface area contributed by atoms with Gasteiger partial charge in [-0.25, -0.2) is 8.42 Å². The third-order valence-electron chi connectivity index (χ3n) is 4.50. The molecule has 0 radical (unpaired) electrons. The molecule has 150 valence electrons. The van der Waals surface area contributed by atoms with Gasteiger partial charge in [-0.2, -0.15) is 4.31 Å². The van der Waals surface area contributed by atoms with Gasteiger partial charge in [-0.15, -0.1) is 0 Å². The van der Waals surface area contributed by atoms with E-state index in [1.54, 1.807) is 19.1 Å². The Labute approximate surface area is 165 Å². The zero-order valence-corrected chi connectivity index (χ0v) is 16.7. The zero-order chi connectivity index (χ0) is 20.1. The maximum Gasteiger partial charge on any atom is 0.265 e. The van der Waals surface area contributed by atoms with Crippen LogP contribution in [0.15, 0.2) is 53.4 Å². The maximum absolute atomic E-state index is 12.6. The van der Waals surface area contributed by atoms with E-state index in [0.29, 0.717) is 37.7 Å². The predicted octanol–water partition coefficient (Wildman–Crippen LogP) is 2.42. The Kier molecular flexibility index (Phi) is 6.33. The van der Waals surface area contributed by atoms with E-state index >= 15 is 0 Å². The summed E-state index contributed by atoms with van der Waals surface area (Å²) < 4.78 is 37.6. The highest BCUT2D eigenvalue weighted by molar-refractivity contribution is 7.89. The molecule has 1 aliphatic rings. The molecule has 28 heavy (non-hydrogen) atoms. The lowest BCUT2D eigenvalue weighted by atomic mass is 10.2. The van der Waals surface area contributed by atoms with E-state index in [1.807, 2.05) is 31.2 Å². The predicted molar refractivity (Wildman–Crippen MR) is 106 cm³/mol. The first-order valence-corrected chi connectivity index (χ1v) is 10.5. The molecule has 0 bridgehead atoms. The molecular formula is C20H24N2O5S. The average Bonchev–Trinajstić information content (AvgIpc) is 2.70. The summed E-state index contributed by atoms with van der Waals surface area (Å²) in [6.07, 6.45) is -0.696. The minimum Gasteiger partial charge on any atom is -0.481 e. The van der Waals surface area contributed by atoms with Crippen molar-refractivity contribution < 1.29 is 22.7 Å². The number of nitrogens with zero attached hydrogens (tertiary/aromatic N) is 1. The monoisotopic (exact) mass is 404 g/mol. The fourth-order valence-corrected chi connectivity index (χ4v) is 4.23. The van der Waals surface area contributed by atoms with E-state index in [1.165, 1.54) is 16.4 Å². The van der Waals surface area contributed by atoms with Gasteiger partial charge < -0.3 is 14.8 Å². The molecule has 2 aromatic carbocycles. The van der Waals surface area contributed by atoms with Crippen LogP contribution in [0.4, 0.5) is 5.69 Å². The minimum absolute atomic E-state index is 0.191. The summed E-state index contributed by atoms with van der Waals surface area (Å²) >= 11 is 0. The van der Waals surface area contributed by atoms with Crippen LogP contribution in [0.3, 0.4) is 0 Å². The number of hydrogen-bond acceptors (Lipinski definition) is 5. The van der Waals surface area contributed by atoms with Gasteiger partial charge >= 0.3 is 0 Å². The van der Waals surface area contributed by atoms with Crippen molar-refractivity contribution in [2.24, 2.45) is 0 Å². The van der Waals surface area contributed by atoms with Crippen LogP contribution in [0.25, 0.3) is 0 Å². The molecule has 1 N–H and O–H groups in total. The van der Waals surface area contributed by atoms with Gasteiger partial charge in [0.2, 0.25) is 10.0 Å². The van der Waals surface area contributed by atoms with Gasteiger partial charge in [0.1, 0.15) is 5.75 Å². The standard InChI is InChI=1S/C20H24N2O5S/c1-15-5-3-4-6-19(15)27-16(2)20(23)21-17-7-9-18(10-8-17)28(24,25)22-11-13-26-14-12-22/h3-10,16H,11-14H2,1-2H3,(H,21,23)/t16-/m0/s1. The topological polar surface area (TPSA) is 84.9 Å². The fraction of sp³-hybridized carbons (Fsp3) is 0.350. The molecule has 0 spiro atoms. The Bertz CT molecular complexity index is 922. The van der Waals surface area contributed by atoms with Gasteiger partial charge in [0, 0.05) is 18.8 Å². The number of carbonyl (C=O) groups is 1. The van der Waals surface area contributed by atoms with Crippen LogP contribution in [0.2, 0.25) is 0 Å². The highest BCUT2D eigenvalue weighted by atomic mass is 32.2. The normalized spacial score (nSPS) is 16.4. The van der Waals surface area contributed by atoms with Crippen LogP contribution >= 0.6 is 0 Å². The Hall–Kier alpha value is -2.42. The molecule has 0 aromatic heterocycles. The number of ether oxygens (including phenoxy) is 2. The number of nitrogens with one attached hydrogen (secondary N) is 1. The molecule has 1 amide bonds. The van der Waals surface area contributed by atoms with E-state index in [4.69, 9.17) is 9.47 Å². The lowest BCUT2D eigenvalue weighted by Gasteiger charge is -2.26. The molecule has 1 aliphatic heterocycles. The quantitative estimate of drug-likeness (QED) is 0.799. The van der Waals surface area contributed by atoms with Gasteiger partial charge in [0.05, 0.1) is 18.1 Å². The molecule has 3 rings (SSSR count). The average molecular weight is 404 g/mol. The molecule has 1 heterocycles. The number of rotatable bonds is 6. The second-order valence-electron chi connectivity index (χ2n) is 6.56. The molecule has 2 aromatic rings. The second-order valence-corrected chi connectivity index (χ2v) is 8.49. The number of carbonyl (C=O) groups excluding carboxylic acids is 1. The van der Waals surface area contributed by atoms with Crippen LogP contribution < -0.4 is 10.1 Å². The summed E-state index contributed by atoms with van der Waals surface area (Å²) in [5.41, 5.74) is 1.45.